The van der Waals surface area contributed by atoms with Crippen LogP contribution in [0, 0.1) is 11.8 Å². The summed E-state index contributed by atoms with van der Waals surface area (Å²) in [4.78, 5) is 32.2. The molecule has 1 aromatic rings. The fourth-order valence-corrected chi connectivity index (χ4v) is 3.47. The Morgan fingerprint density at radius 2 is 2.00 bits per heavy atom. The van der Waals surface area contributed by atoms with Gasteiger partial charge in [0.15, 0.2) is 0 Å². The van der Waals surface area contributed by atoms with Gasteiger partial charge in [-0.3, -0.25) is 19.5 Å². The smallest absolute Gasteiger partial charge is 0.307 e. The van der Waals surface area contributed by atoms with Crippen molar-refractivity contribution in [2.45, 2.75) is 13.0 Å². The van der Waals surface area contributed by atoms with Crippen LogP contribution < -0.4 is 0 Å². The molecule has 2 saturated heterocycles. The normalized spacial score (nSPS) is 25.4. The molecule has 0 radical (unpaired) electrons. The number of rotatable bonds is 4. The molecule has 0 spiro atoms. The molecule has 2 atom stereocenters. The summed E-state index contributed by atoms with van der Waals surface area (Å²) in [5.41, 5.74) is 1.03. The average molecular weight is 333 g/mol. The van der Waals surface area contributed by atoms with E-state index in [-0.39, 0.29) is 11.8 Å². The predicted molar refractivity (Wildman–Crippen MR) is 86.1 cm³/mol. The Bertz CT molecular complexity index is 574. The third-order valence-electron chi connectivity index (χ3n) is 4.68. The van der Waals surface area contributed by atoms with Crippen molar-refractivity contribution < 1.29 is 19.4 Å². The average Bonchev–Trinajstić information content (AvgIpc) is 2.62. The molecule has 0 saturated carbocycles. The number of carbonyl (C=O) groups is 2. The summed E-state index contributed by atoms with van der Waals surface area (Å²) in [6.07, 6.45) is 3.91. The highest BCUT2D eigenvalue weighted by Crippen LogP contribution is 2.25. The third kappa shape index (κ3) is 4.10. The quantitative estimate of drug-likeness (QED) is 0.862. The van der Waals surface area contributed by atoms with Gasteiger partial charge in [-0.25, -0.2) is 0 Å². The molecule has 2 aliphatic rings. The van der Waals surface area contributed by atoms with Gasteiger partial charge >= 0.3 is 5.97 Å². The number of nitrogens with zero attached hydrogens (tertiary/aromatic N) is 3. The van der Waals surface area contributed by atoms with E-state index in [0.717, 1.165) is 5.56 Å². The fourth-order valence-electron chi connectivity index (χ4n) is 3.47. The van der Waals surface area contributed by atoms with Crippen LogP contribution in [0.25, 0.3) is 0 Å². The number of carboxylic acid groups (broad SMARTS) is 1. The molecule has 3 rings (SSSR count). The SMILES string of the molecule is O=C(O)[C@H]1C[C@H](C(=O)N2CCOCC2)CN(Cc2cccnc2)C1. The summed E-state index contributed by atoms with van der Waals surface area (Å²) in [5, 5.41) is 9.45. The van der Waals surface area contributed by atoms with E-state index in [9.17, 15) is 14.7 Å². The standard InChI is InChI=1S/C17H23N3O4/c21-16(20-4-6-24-7-5-20)14-8-15(17(22)23)12-19(11-14)10-13-2-1-3-18-9-13/h1-3,9,14-15H,4-8,10-12H2,(H,22,23)/t14-,15-/m0/s1. The number of pyridine rings is 1. The predicted octanol–water partition coefficient (Wildman–Crippen LogP) is 0.463. The first kappa shape index (κ1) is 16.9. The lowest BCUT2D eigenvalue weighted by Crippen LogP contribution is -2.51. The lowest BCUT2D eigenvalue weighted by molar-refractivity contribution is -0.149. The summed E-state index contributed by atoms with van der Waals surface area (Å²) in [7, 11) is 0. The molecule has 2 fully saturated rings. The van der Waals surface area contributed by atoms with E-state index in [1.54, 1.807) is 17.3 Å². The van der Waals surface area contributed by atoms with Crippen LogP contribution >= 0.6 is 0 Å². The molecule has 1 N–H and O–H groups in total. The molecule has 0 aliphatic carbocycles. The van der Waals surface area contributed by atoms with Crippen LogP contribution in [0.15, 0.2) is 24.5 Å². The third-order valence-corrected chi connectivity index (χ3v) is 4.68. The van der Waals surface area contributed by atoms with Crippen molar-refractivity contribution in [1.82, 2.24) is 14.8 Å². The van der Waals surface area contributed by atoms with Gasteiger partial charge in [-0.05, 0) is 18.1 Å². The van der Waals surface area contributed by atoms with E-state index in [2.05, 4.69) is 9.88 Å². The highest BCUT2D eigenvalue weighted by Gasteiger charge is 2.37. The molecule has 1 amide bonds. The summed E-state index contributed by atoms with van der Waals surface area (Å²) in [6, 6.07) is 3.83. The van der Waals surface area contributed by atoms with Crippen LogP contribution in [-0.2, 0) is 20.9 Å². The molecule has 130 valence electrons. The van der Waals surface area contributed by atoms with Gasteiger partial charge in [0.2, 0.25) is 5.91 Å². The van der Waals surface area contributed by atoms with Gasteiger partial charge in [-0.2, -0.15) is 0 Å². The lowest BCUT2D eigenvalue weighted by Gasteiger charge is -2.38. The summed E-state index contributed by atoms with van der Waals surface area (Å²) in [6.45, 7) is 3.97. The van der Waals surface area contributed by atoms with E-state index in [1.165, 1.54) is 0 Å². The minimum absolute atomic E-state index is 0.0560. The van der Waals surface area contributed by atoms with E-state index in [4.69, 9.17) is 4.74 Å². The molecule has 0 unspecified atom stereocenters. The Balaban J connectivity index is 1.69. The van der Waals surface area contributed by atoms with Gasteiger partial charge in [-0.1, -0.05) is 6.07 Å². The van der Waals surface area contributed by atoms with Crippen molar-refractivity contribution in [2.75, 3.05) is 39.4 Å². The van der Waals surface area contributed by atoms with Crippen molar-refractivity contribution in [1.29, 1.82) is 0 Å². The highest BCUT2D eigenvalue weighted by molar-refractivity contribution is 5.80. The number of hydrogen-bond donors (Lipinski definition) is 1. The van der Waals surface area contributed by atoms with Gasteiger partial charge in [0, 0.05) is 45.1 Å². The maximum atomic E-state index is 12.8. The van der Waals surface area contributed by atoms with Crippen molar-refractivity contribution in [3.63, 3.8) is 0 Å². The Hall–Kier alpha value is -1.99. The van der Waals surface area contributed by atoms with Crippen LogP contribution in [0.1, 0.15) is 12.0 Å². The lowest BCUT2D eigenvalue weighted by atomic mass is 9.88. The van der Waals surface area contributed by atoms with E-state index in [1.807, 2.05) is 12.1 Å². The second-order valence-corrected chi connectivity index (χ2v) is 6.46. The number of carboxylic acids is 1. The van der Waals surface area contributed by atoms with Crippen LogP contribution in [0.3, 0.4) is 0 Å². The molecule has 0 aromatic carbocycles. The molecule has 1 aromatic heterocycles. The minimum atomic E-state index is -0.828. The van der Waals surface area contributed by atoms with Crippen molar-refractivity contribution >= 4 is 11.9 Å². The maximum Gasteiger partial charge on any atom is 0.307 e. The Kier molecular flexibility index (Phi) is 5.42. The number of hydrogen-bond acceptors (Lipinski definition) is 5. The number of aliphatic carboxylic acids is 1. The van der Waals surface area contributed by atoms with Crippen molar-refractivity contribution in [3.05, 3.63) is 30.1 Å². The van der Waals surface area contributed by atoms with Gasteiger partial charge < -0.3 is 14.7 Å². The van der Waals surface area contributed by atoms with Crippen LogP contribution in [0.4, 0.5) is 0 Å². The first-order chi connectivity index (χ1) is 11.6. The Labute approximate surface area is 141 Å². The number of aromatic nitrogens is 1. The second kappa shape index (κ2) is 7.72. The molecular formula is C17H23N3O4. The molecule has 7 nitrogen and oxygen atoms in total. The summed E-state index contributed by atoms with van der Waals surface area (Å²) >= 11 is 0. The van der Waals surface area contributed by atoms with Crippen molar-refractivity contribution in [2.24, 2.45) is 11.8 Å². The number of likely N-dealkylation sites (tertiary alicyclic amines) is 1. The zero-order valence-electron chi connectivity index (χ0n) is 13.6. The number of ether oxygens (including phenoxy) is 1. The molecule has 0 bridgehead atoms. The summed E-state index contributed by atoms with van der Waals surface area (Å²) in [5.74, 6) is -1.55. The number of piperidine rings is 1. The van der Waals surface area contributed by atoms with Crippen LogP contribution in [0.5, 0.6) is 0 Å². The largest absolute Gasteiger partial charge is 0.481 e. The van der Waals surface area contributed by atoms with Gasteiger partial charge in [-0.15, -0.1) is 0 Å². The first-order valence-electron chi connectivity index (χ1n) is 8.34. The Morgan fingerprint density at radius 3 is 2.67 bits per heavy atom. The molecule has 24 heavy (non-hydrogen) atoms. The van der Waals surface area contributed by atoms with Gasteiger partial charge in [0.1, 0.15) is 0 Å². The topological polar surface area (TPSA) is 83.0 Å². The number of amides is 1. The first-order valence-corrected chi connectivity index (χ1v) is 8.34. The number of carbonyl (C=O) groups excluding carboxylic acids is 1. The Morgan fingerprint density at radius 1 is 1.25 bits per heavy atom. The van der Waals surface area contributed by atoms with Crippen molar-refractivity contribution in [3.8, 4) is 0 Å². The monoisotopic (exact) mass is 333 g/mol. The molecule has 2 aliphatic heterocycles. The molecular weight excluding hydrogens is 310 g/mol. The second-order valence-electron chi connectivity index (χ2n) is 6.46. The molecule has 3 heterocycles. The van der Waals surface area contributed by atoms with Crippen LogP contribution in [0.2, 0.25) is 0 Å². The zero-order chi connectivity index (χ0) is 16.9. The molecule has 7 heteroatoms. The van der Waals surface area contributed by atoms with E-state index >= 15 is 0 Å². The highest BCUT2D eigenvalue weighted by atomic mass is 16.5. The van der Waals surface area contributed by atoms with Gasteiger partial charge in [0.05, 0.1) is 25.0 Å². The van der Waals surface area contributed by atoms with E-state index in [0.29, 0.717) is 52.4 Å². The van der Waals surface area contributed by atoms with Crippen LogP contribution in [-0.4, -0.2) is 71.2 Å². The maximum absolute atomic E-state index is 12.8. The fraction of sp³-hybridized carbons (Fsp3) is 0.588. The minimum Gasteiger partial charge on any atom is -0.481 e. The number of morpholine rings is 1. The van der Waals surface area contributed by atoms with E-state index < -0.39 is 11.9 Å². The van der Waals surface area contributed by atoms with Gasteiger partial charge in [0.25, 0.3) is 0 Å². The summed E-state index contributed by atoms with van der Waals surface area (Å²) < 4.78 is 5.29. The zero-order valence-corrected chi connectivity index (χ0v) is 13.6.